The number of ether oxygens (including phenoxy) is 2. The average molecular weight is 421 g/mol. The van der Waals surface area contributed by atoms with Gasteiger partial charge in [0, 0.05) is 0 Å². The molecule has 1 N–H and O–H groups in total. The summed E-state index contributed by atoms with van der Waals surface area (Å²) in [4.78, 5) is 12.5. The molecule has 0 aliphatic carbocycles. The summed E-state index contributed by atoms with van der Waals surface area (Å²) in [5, 5.41) is 2.78. The van der Waals surface area contributed by atoms with E-state index in [0.717, 1.165) is 27.4 Å². The second-order valence-electron chi connectivity index (χ2n) is 6.99. The molecule has 0 aliphatic rings. The fourth-order valence-electron chi connectivity index (χ4n) is 2.80. The SMILES string of the molecule is COc1ccc(C)cc1N(CC(=O)N[C@H](C)COc1ccccc1C)S(C)(=O)=O. The Labute approximate surface area is 172 Å². The van der Waals surface area contributed by atoms with Gasteiger partial charge in [0.25, 0.3) is 0 Å². The zero-order valence-corrected chi connectivity index (χ0v) is 18.2. The van der Waals surface area contributed by atoms with Gasteiger partial charge in [-0.15, -0.1) is 0 Å². The van der Waals surface area contributed by atoms with Gasteiger partial charge in [-0.3, -0.25) is 9.10 Å². The molecule has 2 aromatic carbocycles. The van der Waals surface area contributed by atoms with Crippen molar-refractivity contribution >= 4 is 21.6 Å². The molecular formula is C21H28N2O5S. The Morgan fingerprint density at radius 2 is 1.83 bits per heavy atom. The van der Waals surface area contributed by atoms with Gasteiger partial charge in [0.15, 0.2) is 0 Å². The third-order valence-electron chi connectivity index (χ3n) is 4.28. The lowest BCUT2D eigenvalue weighted by Gasteiger charge is -2.25. The summed E-state index contributed by atoms with van der Waals surface area (Å²) in [5.41, 5.74) is 2.18. The van der Waals surface area contributed by atoms with Gasteiger partial charge < -0.3 is 14.8 Å². The highest BCUT2D eigenvalue weighted by molar-refractivity contribution is 7.92. The number of rotatable bonds is 9. The van der Waals surface area contributed by atoms with Gasteiger partial charge in [0.2, 0.25) is 15.9 Å². The van der Waals surface area contributed by atoms with Gasteiger partial charge in [-0.25, -0.2) is 8.42 Å². The van der Waals surface area contributed by atoms with Gasteiger partial charge in [-0.2, -0.15) is 0 Å². The van der Waals surface area contributed by atoms with Crippen LogP contribution < -0.4 is 19.1 Å². The number of benzene rings is 2. The molecule has 2 rings (SSSR count). The number of para-hydroxylation sites is 1. The van der Waals surface area contributed by atoms with Crippen LogP contribution in [0, 0.1) is 13.8 Å². The maximum Gasteiger partial charge on any atom is 0.241 e. The number of aryl methyl sites for hydroxylation is 2. The molecular weight excluding hydrogens is 392 g/mol. The molecule has 2 aromatic rings. The highest BCUT2D eigenvalue weighted by Gasteiger charge is 2.24. The minimum Gasteiger partial charge on any atom is -0.495 e. The van der Waals surface area contributed by atoms with E-state index in [-0.39, 0.29) is 19.2 Å². The standard InChI is InChI=1S/C21H28N2O5S/c1-15-10-11-20(27-4)18(12-15)23(29(5,25)26)13-21(24)22-17(3)14-28-19-9-7-6-8-16(19)2/h6-12,17H,13-14H2,1-5H3,(H,22,24)/t17-/m1/s1. The van der Waals surface area contributed by atoms with Crippen molar-refractivity contribution in [2.45, 2.75) is 26.8 Å². The van der Waals surface area contributed by atoms with Crippen molar-refractivity contribution in [2.75, 3.05) is 30.8 Å². The van der Waals surface area contributed by atoms with Crippen LogP contribution >= 0.6 is 0 Å². The van der Waals surface area contributed by atoms with E-state index in [2.05, 4.69) is 5.32 Å². The number of hydrogen-bond donors (Lipinski definition) is 1. The van der Waals surface area contributed by atoms with E-state index >= 15 is 0 Å². The summed E-state index contributed by atoms with van der Waals surface area (Å²) in [6, 6.07) is 12.5. The van der Waals surface area contributed by atoms with E-state index in [1.165, 1.54) is 7.11 Å². The first kappa shape index (κ1) is 22.5. The number of sulfonamides is 1. The van der Waals surface area contributed by atoms with Crippen LogP contribution in [0.2, 0.25) is 0 Å². The van der Waals surface area contributed by atoms with Crippen LogP contribution in [0.4, 0.5) is 5.69 Å². The predicted octanol–water partition coefficient (Wildman–Crippen LogP) is 2.66. The van der Waals surface area contributed by atoms with Crippen LogP contribution in [0.15, 0.2) is 42.5 Å². The number of nitrogens with one attached hydrogen (secondary N) is 1. The monoisotopic (exact) mass is 420 g/mol. The summed E-state index contributed by atoms with van der Waals surface area (Å²) in [7, 11) is -2.24. The molecule has 1 amide bonds. The van der Waals surface area contributed by atoms with Crippen molar-refractivity contribution in [3.8, 4) is 11.5 Å². The van der Waals surface area contributed by atoms with Crippen LogP contribution in [0.25, 0.3) is 0 Å². The van der Waals surface area contributed by atoms with Gasteiger partial charge in [0.1, 0.15) is 24.7 Å². The predicted molar refractivity (Wildman–Crippen MR) is 114 cm³/mol. The molecule has 0 spiro atoms. The fourth-order valence-corrected chi connectivity index (χ4v) is 3.65. The van der Waals surface area contributed by atoms with Crippen LogP contribution in [0.1, 0.15) is 18.1 Å². The Balaban J connectivity index is 2.07. The number of methoxy groups -OCH3 is 1. The maximum atomic E-state index is 12.5. The smallest absolute Gasteiger partial charge is 0.241 e. The average Bonchev–Trinajstić information content (AvgIpc) is 2.64. The van der Waals surface area contributed by atoms with Crippen molar-refractivity contribution < 1.29 is 22.7 Å². The lowest BCUT2D eigenvalue weighted by molar-refractivity contribution is -0.120. The third-order valence-corrected chi connectivity index (χ3v) is 5.41. The Morgan fingerprint density at radius 1 is 1.14 bits per heavy atom. The number of carbonyl (C=O) groups is 1. The molecule has 158 valence electrons. The summed E-state index contributed by atoms with van der Waals surface area (Å²) >= 11 is 0. The van der Waals surface area contributed by atoms with Crippen LogP contribution in [-0.4, -0.2) is 46.9 Å². The number of hydrogen-bond acceptors (Lipinski definition) is 5. The molecule has 0 fully saturated rings. The Bertz CT molecular complexity index is 959. The van der Waals surface area contributed by atoms with Crippen LogP contribution in [0.3, 0.4) is 0 Å². The van der Waals surface area contributed by atoms with E-state index in [1.807, 2.05) is 44.2 Å². The molecule has 0 bridgehead atoms. The molecule has 0 aliphatic heterocycles. The van der Waals surface area contributed by atoms with Crippen molar-refractivity contribution in [3.63, 3.8) is 0 Å². The lowest BCUT2D eigenvalue weighted by Crippen LogP contribution is -2.45. The van der Waals surface area contributed by atoms with E-state index < -0.39 is 15.9 Å². The Kier molecular flexibility index (Phi) is 7.50. The quantitative estimate of drug-likeness (QED) is 0.674. The number of carbonyl (C=O) groups excluding carboxylic acids is 1. The Morgan fingerprint density at radius 3 is 2.45 bits per heavy atom. The topological polar surface area (TPSA) is 84.9 Å². The van der Waals surface area contributed by atoms with Crippen LogP contribution in [-0.2, 0) is 14.8 Å². The lowest BCUT2D eigenvalue weighted by atomic mass is 10.2. The van der Waals surface area contributed by atoms with Crippen molar-refractivity contribution in [1.29, 1.82) is 0 Å². The molecule has 8 heteroatoms. The third kappa shape index (κ3) is 6.39. The summed E-state index contributed by atoms with van der Waals surface area (Å²) in [6.45, 7) is 5.50. The van der Waals surface area contributed by atoms with Gasteiger partial charge in [-0.05, 0) is 50.1 Å². The molecule has 0 saturated heterocycles. The molecule has 7 nitrogen and oxygen atoms in total. The molecule has 0 saturated carbocycles. The first-order chi connectivity index (χ1) is 13.6. The molecule has 0 heterocycles. The highest BCUT2D eigenvalue weighted by Crippen LogP contribution is 2.30. The largest absolute Gasteiger partial charge is 0.495 e. The maximum absolute atomic E-state index is 12.5. The molecule has 29 heavy (non-hydrogen) atoms. The number of nitrogens with zero attached hydrogens (tertiary/aromatic N) is 1. The summed E-state index contributed by atoms with van der Waals surface area (Å²) in [5.74, 6) is 0.695. The molecule has 0 unspecified atom stereocenters. The van der Waals surface area contributed by atoms with Gasteiger partial charge >= 0.3 is 0 Å². The van der Waals surface area contributed by atoms with Gasteiger partial charge in [0.05, 0.1) is 25.1 Å². The van der Waals surface area contributed by atoms with Crippen molar-refractivity contribution in [1.82, 2.24) is 5.32 Å². The fraction of sp³-hybridized carbons (Fsp3) is 0.381. The first-order valence-electron chi connectivity index (χ1n) is 9.22. The van der Waals surface area contributed by atoms with E-state index in [9.17, 15) is 13.2 Å². The molecule has 0 radical (unpaired) electrons. The second kappa shape index (κ2) is 9.65. The highest BCUT2D eigenvalue weighted by atomic mass is 32.2. The number of amides is 1. The number of anilines is 1. The van der Waals surface area contributed by atoms with Crippen molar-refractivity contribution in [2.24, 2.45) is 0 Å². The minimum atomic E-state index is -3.70. The van der Waals surface area contributed by atoms with Gasteiger partial charge in [-0.1, -0.05) is 24.3 Å². The summed E-state index contributed by atoms with van der Waals surface area (Å²) in [6.07, 6.45) is 1.06. The normalized spacial score (nSPS) is 12.2. The Hall–Kier alpha value is -2.74. The zero-order valence-electron chi connectivity index (χ0n) is 17.4. The van der Waals surface area contributed by atoms with E-state index in [4.69, 9.17) is 9.47 Å². The van der Waals surface area contributed by atoms with Crippen molar-refractivity contribution in [3.05, 3.63) is 53.6 Å². The summed E-state index contributed by atoms with van der Waals surface area (Å²) < 4.78 is 36.8. The minimum absolute atomic E-state index is 0.267. The first-order valence-corrected chi connectivity index (χ1v) is 11.1. The second-order valence-corrected chi connectivity index (χ2v) is 8.90. The molecule has 0 aromatic heterocycles. The van der Waals surface area contributed by atoms with E-state index in [0.29, 0.717) is 11.4 Å². The molecule has 1 atom stereocenters. The van der Waals surface area contributed by atoms with E-state index in [1.54, 1.807) is 19.1 Å². The van der Waals surface area contributed by atoms with Crippen LogP contribution in [0.5, 0.6) is 11.5 Å². The zero-order chi connectivity index (χ0) is 21.6.